The van der Waals surface area contributed by atoms with E-state index in [1.54, 1.807) is 18.5 Å². The van der Waals surface area contributed by atoms with Gasteiger partial charge in [-0.25, -0.2) is 4.98 Å². The fourth-order valence-electron chi connectivity index (χ4n) is 5.34. The maximum Gasteiger partial charge on any atom is 0.212 e. The van der Waals surface area contributed by atoms with Crippen LogP contribution in [0.4, 0.5) is 4.39 Å². The van der Waals surface area contributed by atoms with Crippen LogP contribution in [0.5, 0.6) is 0 Å². The summed E-state index contributed by atoms with van der Waals surface area (Å²) < 4.78 is 15.1. The Morgan fingerprint density at radius 1 is 0.605 bits per heavy atom. The van der Waals surface area contributed by atoms with Gasteiger partial charge in [0.05, 0.1) is 5.52 Å². The minimum absolute atomic E-state index is 0. The second-order valence-corrected chi connectivity index (χ2v) is 10.0. The third-order valence-electron chi connectivity index (χ3n) is 7.51. The highest BCUT2D eigenvalue weighted by molar-refractivity contribution is 14.0. The number of nitrogens with one attached hydrogen (secondary N) is 1. The van der Waals surface area contributed by atoms with Gasteiger partial charge >= 0.3 is 0 Å². The molecule has 0 radical (unpaired) electrons. The van der Waals surface area contributed by atoms with E-state index in [0.717, 1.165) is 44.2 Å². The van der Waals surface area contributed by atoms with E-state index in [4.69, 9.17) is 0 Å². The average Bonchev–Trinajstić information content (AvgIpc) is 3.53. The monoisotopic (exact) mass is 679 g/mol. The van der Waals surface area contributed by atoms with E-state index in [9.17, 15) is 4.39 Å². The zero-order valence-corrected chi connectivity index (χ0v) is 25.2. The number of halogens is 2. The van der Waals surface area contributed by atoms with E-state index in [1.807, 2.05) is 56.0 Å². The van der Waals surface area contributed by atoms with E-state index in [1.165, 1.54) is 33.4 Å². The van der Waals surface area contributed by atoms with Gasteiger partial charge in [0.2, 0.25) is 5.95 Å². The van der Waals surface area contributed by atoms with Crippen molar-refractivity contribution in [1.82, 2.24) is 29.5 Å². The van der Waals surface area contributed by atoms with E-state index in [0.29, 0.717) is 0 Å². The number of H-pyrrole nitrogens is 1. The molecule has 6 heterocycles. The number of pyridine rings is 4. The van der Waals surface area contributed by atoms with Crippen molar-refractivity contribution in [3.05, 3.63) is 122 Å². The van der Waals surface area contributed by atoms with Crippen LogP contribution in [0, 0.1) is 12.9 Å². The van der Waals surface area contributed by atoms with Gasteiger partial charge in [-0.3, -0.25) is 15.0 Å². The summed E-state index contributed by atoms with van der Waals surface area (Å²) in [6, 6.07) is 23.9. The molecule has 0 fully saturated rings. The molecule has 0 atom stereocenters. The van der Waals surface area contributed by atoms with Gasteiger partial charge in [0.15, 0.2) is 0 Å². The van der Waals surface area contributed by atoms with Gasteiger partial charge in [0.1, 0.15) is 0 Å². The standard InChI is InChI=1S/C18H15N3.C16H10FN3.CH4.HI/c1-12-3-4-14(10-20-12)13-5-6-15-16-11-19-8-7-17(16)21(2)18(15)9-13;17-16-4-2-11(8-19-16)10-1-3-12-13-9-18-6-5-14(13)20-15(12)7-10;;/h3-11H,1-2H3;1-9,20H;1H4;1H/i;17-1;;. The zero-order valence-electron chi connectivity index (χ0n) is 22.9. The smallest absolute Gasteiger partial charge is 0.212 e. The molecule has 8 aromatic rings. The van der Waals surface area contributed by atoms with E-state index < -0.39 is 5.95 Å². The van der Waals surface area contributed by atoms with Crippen LogP contribution >= 0.6 is 24.0 Å². The van der Waals surface area contributed by atoms with Crippen LogP contribution in [0.3, 0.4) is 0 Å². The molecule has 214 valence electrons. The third-order valence-corrected chi connectivity index (χ3v) is 7.51. The summed E-state index contributed by atoms with van der Waals surface area (Å²) in [6.07, 6.45) is 10.9. The SMILES string of the molecule is C.Cc1ccc(-c2ccc3c4cnccc4n(C)c3c2)cn1.I.[18F]c1ccc(-c2ccc3c(c2)[nH]c2ccncc23)cn1. The lowest BCUT2D eigenvalue weighted by molar-refractivity contribution is 0.584. The van der Waals surface area contributed by atoms with E-state index in [2.05, 4.69) is 72.9 Å². The van der Waals surface area contributed by atoms with Crippen molar-refractivity contribution in [3.8, 4) is 22.3 Å². The Bertz CT molecular complexity index is 2180. The number of aromatic nitrogens is 6. The number of fused-ring (bicyclic) bond motifs is 6. The molecule has 8 heteroatoms. The van der Waals surface area contributed by atoms with Crippen LogP contribution in [0.1, 0.15) is 13.1 Å². The highest BCUT2D eigenvalue weighted by Crippen LogP contribution is 2.31. The molecule has 8 rings (SSSR count). The zero-order chi connectivity index (χ0) is 27.9. The summed E-state index contributed by atoms with van der Waals surface area (Å²) in [5, 5.41) is 4.67. The lowest BCUT2D eigenvalue weighted by Gasteiger charge is -2.04. The second-order valence-electron chi connectivity index (χ2n) is 10.0. The molecule has 6 nitrogen and oxygen atoms in total. The highest BCUT2D eigenvalue weighted by Gasteiger charge is 2.10. The number of hydrogen-bond acceptors (Lipinski definition) is 4. The van der Waals surface area contributed by atoms with Crippen molar-refractivity contribution < 1.29 is 4.39 Å². The minimum atomic E-state index is -0.466. The minimum Gasteiger partial charge on any atom is -0.354 e. The second kappa shape index (κ2) is 12.3. The van der Waals surface area contributed by atoms with Crippen LogP contribution in [-0.4, -0.2) is 29.5 Å². The van der Waals surface area contributed by atoms with Crippen molar-refractivity contribution in [1.29, 1.82) is 0 Å². The lowest BCUT2D eigenvalue weighted by atomic mass is 10.1. The number of aromatic amines is 1. The topological polar surface area (TPSA) is 72.3 Å². The molecule has 0 aliphatic heterocycles. The van der Waals surface area contributed by atoms with E-state index in [-0.39, 0.29) is 31.4 Å². The Hall–Kier alpha value is -4.70. The molecule has 0 saturated carbocycles. The fraction of sp³-hybridized carbons (Fsp3) is 0.0857. The van der Waals surface area contributed by atoms with Crippen LogP contribution in [-0.2, 0) is 7.05 Å². The molecule has 0 unspecified atom stereocenters. The first-order chi connectivity index (χ1) is 20.0. The fourth-order valence-corrected chi connectivity index (χ4v) is 5.34. The summed E-state index contributed by atoms with van der Waals surface area (Å²) in [5.74, 6) is -0.466. The van der Waals surface area contributed by atoms with Gasteiger partial charge in [0.25, 0.3) is 0 Å². The van der Waals surface area contributed by atoms with E-state index >= 15 is 0 Å². The van der Waals surface area contributed by atoms with Crippen LogP contribution in [0.15, 0.2) is 110 Å². The molecule has 0 aliphatic carbocycles. The number of nitrogens with zero attached hydrogens (tertiary/aromatic N) is 5. The van der Waals surface area contributed by atoms with Crippen molar-refractivity contribution in [2.75, 3.05) is 0 Å². The average molecular weight is 680 g/mol. The normalized spacial score (nSPS) is 10.8. The van der Waals surface area contributed by atoms with Crippen molar-refractivity contribution >= 4 is 67.6 Å². The van der Waals surface area contributed by atoms with Gasteiger partial charge in [-0.2, -0.15) is 4.39 Å². The molecule has 0 bridgehead atoms. The molecule has 1 N–H and O–H groups in total. The number of benzene rings is 2. The molecule has 0 spiro atoms. The highest BCUT2D eigenvalue weighted by atomic mass is 127. The van der Waals surface area contributed by atoms with Gasteiger partial charge < -0.3 is 9.55 Å². The molecule has 6 aromatic heterocycles. The van der Waals surface area contributed by atoms with Crippen LogP contribution in [0.25, 0.3) is 65.9 Å². The van der Waals surface area contributed by atoms with Gasteiger partial charge in [0, 0.05) is 99.1 Å². The molecular formula is C35H30FIN6. The Morgan fingerprint density at radius 3 is 1.98 bits per heavy atom. The summed E-state index contributed by atoms with van der Waals surface area (Å²) in [4.78, 5) is 19.8. The molecular weight excluding hydrogens is 649 g/mol. The molecule has 2 aromatic carbocycles. The largest absolute Gasteiger partial charge is 0.354 e. The Kier molecular flexibility index (Phi) is 8.50. The number of rotatable bonds is 2. The van der Waals surface area contributed by atoms with Crippen molar-refractivity contribution in [2.45, 2.75) is 14.4 Å². The summed E-state index contributed by atoms with van der Waals surface area (Å²) in [5.41, 5.74) is 9.79. The maximum atomic E-state index is 12.9. The lowest BCUT2D eigenvalue weighted by Crippen LogP contribution is -1.87. The molecule has 0 amide bonds. The first-order valence-electron chi connectivity index (χ1n) is 13.3. The summed E-state index contributed by atoms with van der Waals surface area (Å²) in [6.45, 7) is 2.00. The molecule has 0 aliphatic rings. The number of hydrogen-bond donors (Lipinski definition) is 1. The third kappa shape index (κ3) is 5.58. The Balaban J connectivity index is 0.000000164. The first kappa shape index (κ1) is 29.8. The first-order valence-corrected chi connectivity index (χ1v) is 13.3. The molecule has 43 heavy (non-hydrogen) atoms. The van der Waals surface area contributed by atoms with Gasteiger partial charge in [-0.05, 0) is 60.5 Å². The maximum absolute atomic E-state index is 12.9. The van der Waals surface area contributed by atoms with Crippen LogP contribution < -0.4 is 0 Å². The van der Waals surface area contributed by atoms with Crippen molar-refractivity contribution in [3.63, 3.8) is 0 Å². The predicted octanol–water partition coefficient (Wildman–Crippen LogP) is 9.27. The molecule has 0 saturated heterocycles. The number of aryl methyl sites for hydroxylation is 2. The summed E-state index contributed by atoms with van der Waals surface area (Å²) >= 11 is 0. The van der Waals surface area contributed by atoms with Gasteiger partial charge in [-0.1, -0.05) is 37.8 Å². The predicted molar refractivity (Wildman–Crippen MR) is 185 cm³/mol. The van der Waals surface area contributed by atoms with Crippen molar-refractivity contribution in [2.24, 2.45) is 7.05 Å². The Morgan fingerprint density at radius 2 is 1.26 bits per heavy atom. The Labute approximate surface area is 265 Å². The quantitative estimate of drug-likeness (QED) is 0.146. The van der Waals surface area contributed by atoms with Crippen LogP contribution in [0.2, 0.25) is 0 Å². The van der Waals surface area contributed by atoms with Gasteiger partial charge in [-0.15, -0.1) is 24.0 Å². The summed E-state index contributed by atoms with van der Waals surface area (Å²) in [7, 11) is 2.10.